The molecule has 0 aliphatic carbocycles. The van der Waals surface area contributed by atoms with E-state index in [1.165, 1.54) is 11.8 Å². The summed E-state index contributed by atoms with van der Waals surface area (Å²) in [7, 11) is 0. The van der Waals surface area contributed by atoms with E-state index >= 15 is 0 Å². The minimum Gasteiger partial charge on any atom is -0.393 e. The zero-order valence-electron chi connectivity index (χ0n) is 13.0. The molecule has 2 radical (unpaired) electrons. The standard InChI is InChI=1S/C16H32O2/c1-7-11(3)15(9-13(5)17)16(10-14(6)18)12(4)8-2/h11,13-14,16-18H,7-10H2,1-6H3. The molecule has 0 spiro atoms. The topological polar surface area (TPSA) is 40.5 Å². The van der Waals surface area contributed by atoms with Crippen LogP contribution in [0.4, 0.5) is 0 Å². The molecule has 2 heteroatoms. The molecule has 0 aromatic heterocycles. The van der Waals surface area contributed by atoms with E-state index in [1.807, 2.05) is 13.8 Å². The number of aliphatic hydroxyl groups is 2. The van der Waals surface area contributed by atoms with Crippen LogP contribution in [0.3, 0.4) is 0 Å². The Hall–Kier alpha value is -0.0800. The highest BCUT2D eigenvalue weighted by atomic mass is 16.3. The van der Waals surface area contributed by atoms with Crippen LogP contribution in [0.5, 0.6) is 0 Å². The third kappa shape index (κ3) is 6.19. The summed E-state index contributed by atoms with van der Waals surface area (Å²) in [6, 6.07) is 0. The van der Waals surface area contributed by atoms with Crippen LogP contribution in [0.2, 0.25) is 0 Å². The maximum absolute atomic E-state index is 9.72. The minimum absolute atomic E-state index is 0.287. The summed E-state index contributed by atoms with van der Waals surface area (Å²) in [6.45, 7) is 12.5. The van der Waals surface area contributed by atoms with Crippen LogP contribution in [-0.4, -0.2) is 22.4 Å². The van der Waals surface area contributed by atoms with Gasteiger partial charge in [0.05, 0.1) is 12.2 Å². The van der Waals surface area contributed by atoms with Gasteiger partial charge in [0.2, 0.25) is 0 Å². The van der Waals surface area contributed by atoms with Crippen LogP contribution in [0.1, 0.15) is 67.2 Å². The molecule has 0 amide bonds. The van der Waals surface area contributed by atoms with Crippen LogP contribution in [-0.2, 0) is 0 Å². The lowest BCUT2D eigenvalue weighted by Crippen LogP contribution is -2.29. The van der Waals surface area contributed by atoms with Crippen molar-refractivity contribution in [2.75, 3.05) is 0 Å². The molecule has 108 valence electrons. The molecule has 0 rings (SSSR count). The van der Waals surface area contributed by atoms with Crippen molar-refractivity contribution in [2.45, 2.75) is 79.4 Å². The van der Waals surface area contributed by atoms with Gasteiger partial charge in [0.1, 0.15) is 0 Å². The van der Waals surface area contributed by atoms with Gasteiger partial charge in [-0.2, -0.15) is 0 Å². The van der Waals surface area contributed by atoms with Gasteiger partial charge in [-0.05, 0) is 56.8 Å². The van der Waals surface area contributed by atoms with Crippen LogP contribution in [0.25, 0.3) is 0 Å². The van der Waals surface area contributed by atoms with Crippen molar-refractivity contribution in [1.29, 1.82) is 0 Å². The highest BCUT2D eigenvalue weighted by Crippen LogP contribution is 2.39. The van der Waals surface area contributed by atoms with Crippen molar-refractivity contribution in [3.63, 3.8) is 0 Å². The molecule has 0 fully saturated rings. The molecule has 2 nitrogen and oxygen atoms in total. The van der Waals surface area contributed by atoms with Crippen molar-refractivity contribution in [1.82, 2.24) is 0 Å². The summed E-state index contributed by atoms with van der Waals surface area (Å²) in [5.41, 5.74) is 0. The highest BCUT2D eigenvalue weighted by molar-refractivity contribution is 5.11. The van der Waals surface area contributed by atoms with Crippen LogP contribution >= 0.6 is 0 Å². The molecule has 0 saturated carbocycles. The van der Waals surface area contributed by atoms with Crippen LogP contribution < -0.4 is 0 Å². The number of aliphatic hydroxyl groups excluding tert-OH is 2. The fraction of sp³-hybridized carbons (Fsp3) is 0.875. The molecule has 0 aromatic rings. The smallest absolute Gasteiger partial charge is 0.0517 e. The Labute approximate surface area is 114 Å². The highest BCUT2D eigenvalue weighted by Gasteiger charge is 2.31. The third-order valence-electron chi connectivity index (χ3n) is 3.95. The maximum Gasteiger partial charge on any atom is 0.0517 e. The first-order valence-corrected chi connectivity index (χ1v) is 7.37. The van der Waals surface area contributed by atoms with Gasteiger partial charge in [-0.3, -0.25) is 0 Å². The zero-order valence-corrected chi connectivity index (χ0v) is 13.0. The van der Waals surface area contributed by atoms with E-state index in [-0.39, 0.29) is 12.2 Å². The molecule has 0 aliphatic rings. The fourth-order valence-electron chi connectivity index (χ4n) is 2.55. The van der Waals surface area contributed by atoms with Gasteiger partial charge in [-0.25, -0.2) is 0 Å². The number of hydrogen-bond acceptors (Lipinski definition) is 2. The van der Waals surface area contributed by atoms with Crippen molar-refractivity contribution in [3.8, 4) is 0 Å². The predicted molar refractivity (Wildman–Crippen MR) is 78.0 cm³/mol. The van der Waals surface area contributed by atoms with E-state index in [2.05, 4.69) is 27.7 Å². The Bertz CT molecular complexity index is 179. The van der Waals surface area contributed by atoms with Gasteiger partial charge in [0, 0.05) is 0 Å². The summed E-state index contributed by atoms with van der Waals surface area (Å²) in [5, 5.41) is 19.4. The first-order chi connectivity index (χ1) is 8.33. The van der Waals surface area contributed by atoms with Gasteiger partial charge in [0.15, 0.2) is 0 Å². The molecule has 2 N–H and O–H groups in total. The van der Waals surface area contributed by atoms with Crippen molar-refractivity contribution in [3.05, 3.63) is 11.8 Å². The van der Waals surface area contributed by atoms with E-state index in [9.17, 15) is 10.2 Å². The normalized spacial score (nSPS) is 19.0. The monoisotopic (exact) mass is 256 g/mol. The summed E-state index contributed by atoms with van der Waals surface area (Å²) < 4.78 is 0. The molecule has 0 aromatic carbocycles. The molecule has 18 heavy (non-hydrogen) atoms. The second-order valence-corrected chi connectivity index (χ2v) is 5.77. The van der Waals surface area contributed by atoms with Crippen molar-refractivity contribution >= 4 is 0 Å². The maximum atomic E-state index is 9.72. The molecule has 4 atom stereocenters. The molecule has 4 unspecified atom stereocenters. The van der Waals surface area contributed by atoms with E-state index in [0.29, 0.717) is 11.8 Å². The predicted octanol–water partition coefficient (Wildman–Crippen LogP) is 3.77. The van der Waals surface area contributed by atoms with E-state index in [1.54, 1.807) is 0 Å². The average Bonchev–Trinajstić information content (AvgIpc) is 2.30. The Kier molecular flexibility index (Phi) is 8.89. The molecular weight excluding hydrogens is 224 g/mol. The van der Waals surface area contributed by atoms with Gasteiger partial charge in [-0.15, -0.1) is 0 Å². The number of rotatable bonds is 9. The second kappa shape index (κ2) is 8.92. The first-order valence-electron chi connectivity index (χ1n) is 7.37. The summed E-state index contributed by atoms with van der Waals surface area (Å²) >= 11 is 0. The third-order valence-corrected chi connectivity index (χ3v) is 3.95. The Morgan fingerprint density at radius 2 is 1.56 bits per heavy atom. The van der Waals surface area contributed by atoms with Crippen LogP contribution in [0, 0.1) is 23.7 Å². The largest absolute Gasteiger partial charge is 0.393 e. The lowest BCUT2D eigenvalue weighted by molar-refractivity contribution is 0.141. The van der Waals surface area contributed by atoms with Gasteiger partial charge < -0.3 is 10.2 Å². The number of hydrogen-bond donors (Lipinski definition) is 2. The lowest BCUT2D eigenvalue weighted by Gasteiger charge is -2.36. The SMILES string of the molecule is CC[C](C)C(CC(C)O)[C](CC(C)O)C(C)CC. The molecular formula is C16H32O2. The summed E-state index contributed by atoms with van der Waals surface area (Å²) in [5.74, 6) is 3.68. The molecule has 0 bridgehead atoms. The summed E-state index contributed by atoms with van der Waals surface area (Å²) in [4.78, 5) is 0. The molecule has 0 saturated heterocycles. The molecule has 0 heterocycles. The van der Waals surface area contributed by atoms with Gasteiger partial charge in [-0.1, -0.05) is 34.1 Å². The van der Waals surface area contributed by atoms with Crippen molar-refractivity contribution in [2.24, 2.45) is 11.8 Å². The second-order valence-electron chi connectivity index (χ2n) is 5.77. The Morgan fingerprint density at radius 3 is 1.89 bits per heavy atom. The van der Waals surface area contributed by atoms with Gasteiger partial charge in [0.25, 0.3) is 0 Å². The van der Waals surface area contributed by atoms with Gasteiger partial charge >= 0.3 is 0 Å². The van der Waals surface area contributed by atoms with E-state index in [4.69, 9.17) is 0 Å². The Balaban J connectivity index is 4.92. The quantitative estimate of drug-likeness (QED) is 0.659. The zero-order chi connectivity index (χ0) is 14.3. The van der Waals surface area contributed by atoms with Crippen molar-refractivity contribution < 1.29 is 10.2 Å². The molecule has 0 aliphatic heterocycles. The van der Waals surface area contributed by atoms with E-state index < -0.39 is 0 Å². The average molecular weight is 256 g/mol. The van der Waals surface area contributed by atoms with E-state index in [0.717, 1.165) is 25.7 Å². The summed E-state index contributed by atoms with van der Waals surface area (Å²) in [6.07, 6.45) is 3.09. The Morgan fingerprint density at radius 1 is 1.00 bits per heavy atom. The van der Waals surface area contributed by atoms with Crippen LogP contribution in [0.15, 0.2) is 0 Å². The lowest BCUT2D eigenvalue weighted by atomic mass is 9.70. The minimum atomic E-state index is -0.296. The first kappa shape index (κ1) is 17.9. The fourth-order valence-corrected chi connectivity index (χ4v) is 2.55.